The summed E-state index contributed by atoms with van der Waals surface area (Å²) in [5, 5.41) is 0. The molecule has 0 bridgehead atoms. The van der Waals surface area contributed by atoms with Gasteiger partial charge in [-0.05, 0) is 72.4 Å². The van der Waals surface area contributed by atoms with Gasteiger partial charge in [0.15, 0.2) is 0 Å². The van der Waals surface area contributed by atoms with Gasteiger partial charge < -0.3 is 55.5 Å². The molecule has 0 spiro atoms. The van der Waals surface area contributed by atoms with E-state index in [1.54, 1.807) is 0 Å². The van der Waals surface area contributed by atoms with Crippen LogP contribution in [-0.2, 0) is 103 Å². The van der Waals surface area contributed by atoms with Crippen molar-refractivity contribution < 1.29 is 78.0 Å². The van der Waals surface area contributed by atoms with E-state index in [9.17, 15) is 19.6 Å². The van der Waals surface area contributed by atoms with Crippen molar-refractivity contribution in [1.29, 1.82) is 0 Å². The Morgan fingerprint density at radius 3 is 0.707 bits per heavy atom. The summed E-state index contributed by atoms with van der Waals surface area (Å²) >= 11 is 9.64. The summed E-state index contributed by atoms with van der Waals surface area (Å²) in [6, 6.07) is 0. The van der Waals surface area contributed by atoms with E-state index in [2.05, 4.69) is 55.4 Å². The van der Waals surface area contributed by atoms with Crippen LogP contribution in [0.15, 0.2) is 0 Å². The Hall–Kier alpha value is 3.97. The molecule has 0 rings (SSSR count). The van der Waals surface area contributed by atoms with Gasteiger partial charge in [0, 0.05) is 0 Å². The van der Waals surface area contributed by atoms with E-state index in [4.69, 9.17) is 24.5 Å². The average Bonchev–Trinajstić information content (AvgIpc) is 2.85. The van der Waals surface area contributed by atoms with Crippen LogP contribution in [0.5, 0.6) is 0 Å². The van der Waals surface area contributed by atoms with E-state index in [1.807, 2.05) is 0 Å². The molecule has 0 N–H and O–H groups in total. The molecule has 0 amide bonds. The average molecular weight is 847 g/mol. The summed E-state index contributed by atoms with van der Waals surface area (Å²) in [4.78, 5) is 47.6. The molecular weight excluding hydrogens is 787 g/mol. The van der Waals surface area contributed by atoms with Crippen molar-refractivity contribution in [3.05, 3.63) is 0 Å². The van der Waals surface area contributed by atoms with Crippen LogP contribution < -0.4 is 19.6 Å². The van der Waals surface area contributed by atoms with Gasteiger partial charge in [-0.25, -0.2) is 20.1 Å². The Balaban J connectivity index is -0.000000196. The van der Waals surface area contributed by atoms with Crippen LogP contribution in [0, 0.1) is 23.7 Å². The summed E-state index contributed by atoms with van der Waals surface area (Å²) in [6.07, 6.45) is 13.3. The van der Waals surface area contributed by atoms with Gasteiger partial charge in [-0.15, -0.1) is 0 Å². The van der Waals surface area contributed by atoms with E-state index in [1.165, 1.54) is 0 Å². The Kier molecular flexibility index (Phi) is 43.2. The van der Waals surface area contributed by atoms with Gasteiger partial charge in [-0.2, -0.15) is 0 Å². The van der Waals surface area contributed by atoms with E-state index < -0.39 is 31.5 Å². The quantitative estimate of drug-likeness (QED) is 0.0802. The molecule has 236 valence electrons. The fraction of sp³-hybridized carbons (Fsp3) is 1.00. The Labute approximate surface area is 310 Å². The van der Waals surface area contributed by atoms with Gasteiger partial charge in [0.2, 0.25) is 0 Å². The van der Waals surface area contributed by atoms with Gasteiger partial charge in [-0.1, -0.05) is 107 Å². The van der Waals surface area contributed by atoms with Crippen LogP contribution in [0.25, 0.3) is 0 Å². The first kappa shape index (κ1) is 54.4. The molecule has 0 aromatic heterocycles. The zero-order chi connectivity index (χ0) is 29.8. The maximum absolute atomic E-state index is 11.9. The van der Waals surface area contributed by atoms with Crippen molar-refractivity contribution in [2.45, 2.75) is 132 Å². The molecule has 0 saturated heterocycles. The summed E-state index contributed by atoms with van der Waals surface area (Å²) in [5.41, 5.74) is -7.19. The topological polar surface area (TPSA) is 92.2 Å². The molecule has 4 nitrogen and oxygen atoms in total. The van der Waals surface area contributed by atoms with E-state index in [-0.39, 0.29) is 58.4 Å². The molecule has 13 heteroatoms. The molecule has 4 atom stereocenters. The molecule has 0 heterocycles. The van der Waals surface area contributed by atoms with Crippen LogP contribution in [-0.4, -0.2) is 23.0 Å². The normalized spacial score (nSPS) is 16.0. The molecule has 0 aromatic rings. The molecule has 0 fully saturated rings. The van der Waals surface area contributed by atoms with Crippen molar-refractivity contribution in [2.24, 2.45) is 23.7 Å². The van der Waals surface area contributed by atoms with Crippen LogP contribution in [0.1, 0.15) is 132 Å². The zero-order valence-corrected chi connectivity index (χ0v) is 41.9. The van der Waals surface area contributed by atoms with Crippen molar-refractivity contribution in [3.8, 4) is 0 Å². The smallest absolute Gasteiger partial charge is 0.854 e. The molecule has 4 unspecified atom stereocenters. The standard InChI is InChI=1S/2C14H30O2PS2.3Zn/c2*1-5-9-13(7-3)11-19(17(15,16)18)12-14(8-4)10-6-2;;;/h2*13-14H,5-12H2,1-4H3;;;/q2*-3;3*+2. The number of rotatable bonds is 20. The van der Waals surface area contributed by atoms with Crippen molar-refractivity contribution >= 4 is 56.0 Å². The van der Waals surface area contributed by atoms with Crippen LogP contribution in [0.2, 0.25) is 0 Å². The maximum atomic E-state index is 11.9. The van der Waals surface area contributed by atoms with Crippen molar-refractivity contribution in [1.82, 2.24) is 0 Å². The number of hydrogen-bond acceptors (Lipinski definition) is 6. The molecule has 0 aromatic carbocycles. The third kappa shape index (κ3) is 28.7. The zero-order valence-electron chi connectivity index (χ0n) is 27.9. The second-order valence-electron chi connectivity index (χ2n) is 10.7. The largest absolute Gasteiger partial charge is 2.00 e. The summed E-state index contributed by atoms with van der Waals surface area (Å²) in [7, 11) is -1.18. The summed E-state index contributed by atoms with van der Waals surface area (Å²) < 4.78 is 0. The molecule has 0 radical (unpaired) electrons. The fourth-order valence-corrected chi connectivity index (χ4v) is 16.5. The number of hydrogen-bond donors (Lipinski definition) is 0. The minimum Gasteiger partial charge on any atom is -0.854 e. The molecule has 0 aliphatic carbocycles. The first-order valence-electron chi connectivity index (χ1n) is 15.2. The van der Waals surface area contributed by atoms with E-state index in [0.717, 1.165) is 100 Å². The molecule has 41 heavy (non-hydrogen) atoms. The first-order valence-corrected chi connectivity index (χ1v) is 24.8. The van der Waals surface area contributed by atoms with Gasteiger partial charge >= 0.3 is 58.4 Å². The SMILES string of the molecule is CCCC(CC)CS(CC(CC)CCC)=P([O-])([O-])[S-].CCCC(CC)CS(CC(CC)CCC)=P([O-])([O-])[S-].[Zn+2].[Zn+2].[Zn+2]. The van der Waals surface area contributed by atoms with Crippen LogP contribution >= 0.6 is 11.4 Å². The van der Waals surface area contributed by atoms with Crippen LogP contribution in [0.3, 0.4) is 0 Å². The van der Waals surface area contributed by atoms with Gasteiger partial charge in [0.25, 0.3) is 0 Å². The van der Waals surface area contributed by atoms with Crippen molar-refractivity contribution in [3.63, 3.8) is 0 Å². The third-order valence-electron chi connectivity index (χ3n) is 7.44. The van der Waals surface area contributed by atoms with Gasteiger partial charge in [0.1, 0.15) is 0 Å². The summed E-state index contributed by atoms with van der Waals surface area (Å²) in [5.74, 6) is 5.30. The Bertz CT molecular complexity index is 599. The molecule has 0 aliphatic heterocycles. The van der Waals surface area contributed by atoms with Gasteiger partial charge in [-0.3, -0.25) is 0 Å². The predicted molar refractivity (Wildman–Crippen MR) is 178 cm³/mol. The third-order valence-corrected chi connectivity index (χ3v) is 21.5. The second-order valence-corrected chi connectivity index (χ2v) is 26.0. The maximum Gasteiger partial charge on any atom is 2.00 e. The van der Waals surface area contributed by atoms with E-state index >= 15 is 0 Å². The molecular formula is C28H60O4P2S4Zn3. The van der Waals surface area contributed by atoms with Crippen LogP contribution in [0.4, 0.5) is 0 Å². The first-order chi connectivity index (χ1) is 17.8. The molecule has 0 saturated carbocycles. The van der Waals surface area contributed by atoms with Crippen molar-refractivity contribution in [2.75, 3.05) is 23.0 Å². The monoisotopic (exact) mass is 842 g/mol. The molecule has 0 aliphatic rings. The minimum absolute atomic E-state index is 0. The minimum atomic E-state index is -3.60. The Morgan fingerprint density at radius 1 is 0.439 bits per heavy atom. The Morgan fingerprint density at radius 2 is 0.610 bits per heavy atom. The fourth-order valence-electron chi connectivity index (χ4n) is 4.84. The second kappa shape index (κ2) is 32.5. The summed E-state index contributed by atoms with van der Waals surface area (Å²) in [6.45, 7) is 17.3. The predicted octanol–water partition coefficient (Wildman–Crippen LogP) is 6.40. The van der Waals surface area contributed by atoms with Gasteiger partial charge in [0.05, 0.1) is 0 Å². The van der Waals surface area contributed by atoms with E-state index in [0.29, 0.717) is 23.7 Å².